The number of nitrogens with zero attached hydrogens (tertiary/aromatic N) is 6. The second kappa shape index (κ2) is 11.9. The van der Waals surface area contributed by atoms with Crippen LogP contribution in [0.3, 0.4) is 0 Å². The first kappa shape index (κ1) is 28.9. The normalized spacial score (nSPS) is 14.7. The van der Waals surface area contributed by atoms with E-state index >= 15 is 0 Å². The summed E-state index contributed by atoms with van der Waals surface area (Å²) >= 11 is 0. The fraction of sp³-hybridized carbons (Fsp3) is 0.200. The van der Waals surface area contributed by atoms with Gasteiger partial charge in [-0.05, 0) is 80.1 Å². The molecule has 0 saturated heterocycles. The highest BCUT2D eigenvalue weighted by molar-refractivity contribution is 6.51. The van der Waals surface area contributed by atoms with Crippen molar-refractivity contribution in [3.05, 3.63) is 102 Å². The van der Waals surface area contributed by atoms with Crippen LogP contribution in [0.2, 0.25) is 0 Å². The van der Waals surface area contributed by atoms with E-state index in [4.69, 9.17) is 34.0 Å². The molecule has 232 valence electrons. The number of amidine groups is 2. The molecule has 0 bridgehead atoms. The Labute approximate surface area is 266 Å². The SMILES string of the molecule is CCOc1ccc(NC2=Nc3ccccc3N3C2=Nc2c(c(C)nn2-c2ccccn2)C3c2cc(OC)c(OC)c(OC)c2)cc1. The Morgan fingerprint density at radius 3 is 2.26 bits per heavy atom. The highest BCUT2D eigenvalue weighted by Crippen LogP contribution is 2.50. The number of methoxy groups -OCH3 is 3. The topological polar surface area (TPSA) is 108 Å². The van der Waals surface area contributed by atoms with Gasteiger partial charge in [-0.25, -0.2) is 15.0 Å². The Bertz CT molecular complexity index is 1940. The molecule has 11 heteroatoms. The fourth-order valence-corrected chi connectivity index (χ4v) is 5.95. The molecule has 1 N–H and O–H groups in total. The molecule has 46 heavy (non-hydrogen) atoms. The lowest BCUT2D eigenvalue weighted by atomic mass is 9.92. The summed E-state index contributed by atoms with van der Waals surface area (Å²) in [7, 11) is 4.83. The number of hydrogen-bond acceptors (Lipinski definition) is 10. The molecule has 0 saturated carbocycles. The van der Waals surface area contributed by atoms with Gasteiger partial charge in [-0.15, -0.1) is 0 Å². The number of benzene rings is 3. The summed E-state index contributed by atoms with van der Waals surface area (Å²) in [4.78, 5) is 17.1. The maximum atomic E-state index is 5.80. The Kier molecular flexibility index (Phi) is 7.49. The second-order valence-corrected chi connectivity index (χ2v) is 10.6. The van der Waals surface area contributed by atoms with Gasteiger partial charge in [0.2, 0.25) is 5.75 Å². The number of fused-ring (bicyclic) bond motifs is 4. The number of ether oxygens (including phenoxy) is 4. The van der Waals surface area contributed by atoms with Gasteiger partial charge >= 0.3 is 0 Å². The minimum absolute atomic E-state index is 0.401. The molecule has 11 nitrogen and oxygen atoms in total. The van der Waals surface area contributed by atoms with Crippen LogP contribution < -0.4 is 29.2 Å². The van der Waals surface area contributed by atoms with Crippen LogP contribution in [-0.2, 0) is 0 Å². The summed E-state index contributed by atoms with van der Waals surface area (Å²) in [6.07, 6.45) is 1.74. The van der Waals surface area contributed by atoms with Crippen LogP contribution in [0.15, 0.2) is 95.0 Å². The van der Waals surface area contributed by atoms with Crippen molar-refractivity contribution >= 4 is 34.6 Å². The lowest BCUT2D eigenvalue weighted by molar-refractivity contribution is 0.323. The van der Waals surface area contributed by atoms with Crippen LogP contribution in [0.5, 0.6) is 23.0 Å². The molecule has 0 radical (unpaired) electrons. The number of aliphatic imine (C=N–C) groups is 2. The molecule has 2 aliphatic rings. The van der Waals surface area contributed by atoms with E-state index in [1.165, 1.54) is 0 Å². The number of hydrogen-bond donors (Lipinski definition) is 1. The molecule has 0 fully saturated rings. The van der Waals surface area contributed by atoms with E-state index < -0.39 is 6.04 Å². The highest BCUT2D eigenvalue weighted by atomic mass is 16.5. The second-order valence-electron chi connectivity index (χ2n) is 10.6. The van der Waals surface area contributed by atoms with Gasteiger partial charge in [0.1, 0.15) is 5.75 Å². The van der Waals surface area contributed by atoms with Gasteiger partial charge in [-0.3, -0.25) is 0 Å². The maximum absolute atomic E-state index is 5.80. The van der Waals surface area contributed by atoms with Crippen LogP contribution in [0, 0.1) is 6.92 Å². The third-order valence-corrected chi connectivity index (χ3v) is 7.94. The summed E-state index contributed by atoms with van der Waals surface area (Å²) in [5, 5.41) is 8.50. The van der Waals surface area contributed by atoms with Crippen molar-refractivity contribution in [1.82, 2.24) is 14.8 Å². The zero-order chi connectivity index (χ0) is 31.8. The zero-order valence-electron chi connectivity index (χ0n) is 26.2. The van der Waals surface area contributed by atoms with E-state index in [2.05, 4.69) is 21.3 Å². The monoisotopic (exact) mass is 615 g/mol. The third-order valence-electron chi connectivity index (χ3n) is 7.94. The summed E-state index contributed by atoms with van der Waals surface area (Å²) in [5.74, 6) is 4.91. The molecule has 4 heterocycles. The van der Waals surface area contributed by atoms with E-state index in [-0.39, 0.29) is 0 Å². The first-order valence-corrected chi connectivity index (χ1v) is 14.9. The highest BCUT2D eigenvalue weighted by Gasteiger charge is 2.42. The van der Waals surface area contributed by atoms with Crippen LogP contribution in [0.4, 0.5) is 22.9 Å². The Balaban J connectivity index is 1.48. The van der Waals surface area contributed by atoms with Crippen molar-refractivity contribution in [2.24, 2.45) is 9.98 Å². The quantitative estimate of drug-likeness (QED) is 0.203. The number of nitrogens with one attached hydrogen (secondary N) is 1. The summed E-state index contributed by atoms with van der Waals surface area (Å²) < 4.78 is 24.7. The molecule has 1 atom stereocenters. The molecule has 0 aliphatic carbocycles. The van der Waals surface area contributed by atoms with Crippen molar-refractivity contribution in [2.75, 3.05) is 38.2 Å². The zero-order valence-corrected chi connectivity index (χ0v) is 26.2. The Morgan fingerprint density at radius 2 is 1.59 bits per heavy atom. The molecular weight excluding hydrogens is 582 g/mol. The molecule has 5 aromatic rings. The molecule has 2 aromatic heterocycles. The van der Waals surface area contributed by atoms with Gasteiger partial charge in [0.05, 0.1) is 51.0 Å². The van der Waals surface area contributed by atoms with Crippen LogP contribution in [-0.4, -0.2) is 54.4 Å². The average molecular weight is 616 g/mol. The van der Waals surface area contributed by atoms with E-state index in [0.717, 1.165) is 39.6 Å². The van der Waals surface area contributed by atoms with E-state index in [1.54, 1.807) is 32.2 Å². The van der Waals surface area contributed by atoms with Gasteiger partial charge in [0, 0.05) is 17.4 Å². The predicted octanol–water partition coefficient (Wildman–Crippen LogP) is 6.80. The number of rotatable bonds is 8. The predicted molar refractivity (Wildman–Crippen MR) is 178 cm³/mol. The molecule has 7 rings (SSSR count). The van der Waals surface area contributed by atoms with Crippen molar-refractivity contribution in [1.29, 1.82) is 0 Å². The summed E-state index contributed by atoms with van der Waals surface area (Å²) in [6, 6.07) is 25.1. The first-order chi connectivity index (χ1) is 22.5. The van der Waals surface area contributed by atoms with E-state index in [0.29, 0.717) is 47.2 Å². The number of para-hydroxylation sites is 2. The molecular formula is C35H33N7O4. The number of aromatic nitrogens is 3. The van der Waals surface area contributed by atoms with Crippen molar-refractivity contribution < 1.29 is 18.9 Å². The van der Waals surface area contributed by atoms with Crippen molar-refractivity contribution in [2.45, 2.75) is 19.9 Å². The van der Waals surface area contributed by atoms with Gasteiger partial charge in [0.15, 0.2) is 34.8 Å². The number of aryl methyl sites for hydroxylation is 1. The largest absolute Gasteiger partial charge is 0.494 e. The van der Waals surface area contributed by atoms with Crippen molar-refractivity contribution in [3.8, 4) is 28.8 Å². The maximum Gasteiger partial charge on any atom is 0.203 e. The third kappa shape index (κ3) is 4.86. The van der Waals surface area contributed by atoms with Crippen molar-refractivity contribution in [3.63, 3.8) is 0 Å². The van der Waals surface area contributed by atoms with Gasteiger partial charge in [-0.2, -0.15) is 9.78 Å². The van der Waals surface area contributed by atoms with Gasteiger partial charge in [0.25, 0.3) is 0 Å². The Morgan fingerprint density at radius 1 is 0.848 bits per heavy atom. The molecule has 3 aromatic carbocycles. The lowest BCUT2D eigenvalue weighted by Gasteiger charge is -2.40. The minimum Gasteiger partial charge on any atom is -0.494 e. The smallest absolute Gasteiger partial charge is 0.203 e. The summed E-state index contributed by atoms with van der Waals surface area (Å²) in [6.45, 7) is 4.55. The van der Waals surface area contributed by atoms with E-state index in [1.807, 2.05) is 86.6 Å². The average Bonchev–Trinajstić information content (AvgIpc) is 3.43. The molecule has 1 unspecified atom stereocenters. The first-order valence-electron chi connectivity index (χ1n) is 14.9. The van der Waals surface area contributed by atoms with E-state index in [9.17, 15) is 0 Å². The Hall–Kier alpha value is -5.84. The molecule has 0 amide bonds. The number of anilines is 2. The van der Waals surface area contributed by atoms with Crippen LogP contribution >= 0.6 is 0 Å². The minimum atomic E-state index is -0.401. The molecule has 0 spiro atoms. The van der Waals surface area contributed by atoms with Crippen LogP contribution in [0.1, 0.15) is 29.8 Å². The van der Waals surface area contributed by atoms with Gasteiger partial charge in [-0.1, -0.05) is 18.2 Å². The van der Waals surface area contributed by atoms with Crippen LogP contribution in [0.25, 0.3) is 5.82 Å². The fourth-order valence-electron chi connectivity index (χ4n) is 5.95. The molecule has 2 aliphatic heterocycles. The lowest BCUT2D eigenvalue weighted by Crippen LogP contribution is -2.46. The standard InChI is InChI=1S/C35H33N7O4/c1-6-46-24-16-14-23(15-17-24)37-33-35-39-34-30(21(2)40-42(34)29-13-9-10-18-36-29)31(41(35)26-12-8-7-11-25(26)38-33)22-19-27(43-3)32(45-5)28(20-22)44-4/h7-20,31H,6H2,1-5H3,(H,37,38). The summed E-state index contributed by atoms with van der Waals surface area (Å²) in [5.41, 5.74) is 5.15. The number of pyridine rings is 1. The van der Waals surface area contributed by atoms with Gasteiger partial charge < -0.3 is 29.2 Å².